The predicted molar refractivity (Wildman–Crippen MR) is 93.2 cm³/mol. The lowest BCUT2D eigenvalue weighted by Gasteiger charge is -2.16. The molecular formula is C14H22N4O3SSi. The van der Waals surface area contributed by atoms with Gasteiger partial charge in [0.2, 0.25) is 0 Å². The molecule has 2 N–H and O–H groups in total. The maximum atomic E-state index is 11.9. The maximum absolute atomic E-state index is 11.9. The molecule has 0 aromatic carbocycles. The van der Waals surface area contributed by atoms with E-state index in [0.29, 0.717) is 34.9 Å². The summed E-state index contributed by atoms with van der Waals surface area (Å²) in [6.07, 6.45) is 3.44. The highest BCUT2D eigenvalue weighted by molar-refractivity contribution is 7.17. The summed E-state index contributed by atoms with van der Waals surface area (Å²) in [4.78, 5) is 20.7. The molecule has 0 bridgehead atoms. The molecule has 0 spiro atoms. The van der Waals surface area contributed by atoms with Crippen molar-refractivity contribution in [3.8, 4) is 11.5 Å². The minimum absolute atomic E-state index is 0.301. The van der Waals surface area contributed by atoms with Gasteiger partial charge in [-0.25, -0.2) is 14.8 Å². The standard InChI is InChI=1S/C14H22N4O3SSi/c1-20-13(19)11-10(17-14(15)22-11)12-16-5-6-18(12)9-21-7-8-23(2,3)4/h5-6H,7-9H2,1-4H3,(H2,15,17). The number of imidazole rings is 1. The van der Waals surface area contributed by atoms with E-state index in [0.717, 1.165) is 17.4 Å². The van der Waals surface area contributed by atoms with Crippen molar-refractivity contribution in [3.63, 3.8) is 0 Å². The Morgan fingerprint density at radius 3 is 2.83 bits per heavy atom. The molecule has 0 aliphatic carbocycles. The number of hydrogen-bond donors (Lipinski definition) is 1. The van der Waals surface area contributed by atoms with Crippen molar-refractivity contribution in [1.82, 2.24) is 14.5 Å². The van der Waals surface area contributed by atoms with Crippen molar-refractivity contribution < 1.29 is 14.3 Å². The molecule has 23 heavy (non-hydrogen) atoms. The molecule has 0 atom stereocenters. The van der Waals surface area contributed by atoms with Crippen molar-refractivity contribution in [2.24, 2.45) is 0 Å². The molecule has 0 fully saturated rings. The van der Waals surface area contributed by atoms with Crippen LogP contribution in [0.5, 0.6) is 0 Å². The lowest BCUT2D eigenvalue weighted by Crippen LogP contribution is -2.22. The number of nitrogens with two attached hydrogens (primary N) is 1. The first-order valence-corrected chi connectivity index (χ1v) is 11.8. The number of hydrogen-bond acceptors (Lipinski definition) is 7. The van der Waals surface area contributed by atoms with E-state index in [1.807, 2.05) is 4.57 Å². The number of esters is 1. The summed E-state index contributed by atoms with van der Waals surface area (Å²) in [5.41, 5.74) is 6.16. The largest absolute Gasteiger partial charge is 0.465 e. The molecule has 0 saturated heterocycles. The molecule has 9 heteroatoms. The van der Waals surface area contributed by atoms with Gasteiger partial charge >= 0.3 is 5.97 Å². The van der Waals surface area contributed by atoms with Gasteiger partial charge in [0.15, 0.2) is 11.0 Å². The molecule has 126 valence electrons. The van der Waals surface area contributed by atoms with Crippen LogP contribution in [0.4, 0.5) is 5.13 Å². The van der Waals surface area contributed by atoms with Crippen LogP contribution in [0.15, 0.2) is 12.4 Å². The van der Waals surface area contributed by atoms with Gasteiger partial charge < -0.3 is 19.8 Å². The average Bonchev–Trinajstić information content (AvgIpc) is 3.07. The van der Waals surface area contributed by atoms with E-state index in [-0.39, 0.29) is 0 Å². The number of thiazole rings is 1. The molecule has 7 nitrogen and oxygen atoms in total. The third kappa shape index (κ3) is 4.63. The topological polar surface area (TPSA) is 92.3 Å². The highest BCUT2D eigenvalue weighted by atomic mass is 32.1. The fourth-order valence-electron chi connectivity index (χ4n) is 1.89. The average molecular weight is 355 g/mol. The lowest BCUT2D eigenvalue weighted by molar-refractivity contribution is 0.0606. The van der Waals surface area contributed by atoms with Crippen molar-refractivity contribution in [2.75, 3.05) is 19.5 Å². The van der Waals surface area contributed by atoms with Crippen molar-refractivity contribution >= 4 is 30.5 Å². The summed E-state index contributed by atoms with van der Waals surface area (Å²) in [6, 6.07) is 1.09. The zero-order chi connectivity index (χ0) is 17.0. The normalized spacial score (nSPS) is 11.7. The molecule has 2 aromatic rings. The van der Waals surface area contributed by atoms with Crippen LogP contribution >= 0.6 is 11.3 Å². The number of rotatable bonds is 7. The van der Waals surface area contributed by atoms with E-state index in [1.165, 1.54) is 7.11 Å². The number of carbonyl (C=O) groups excluding carboxylic acids is 1. The molecule has 2 aromatic heterocycles. The summed E-state index contributed by atoms with van der Waals surface area (Å²) >= 11 is 1.09. The molecule has 0 unspecified atom stereocenters. The van der Waals surface area contributed by atoms with Crippen LogP contribution in [-0.4, -0.2) is 42.3 Å². The Morgan fingerprint density at radius 1 is 1.43 bits per heavy atom. The zero-order valence-electron chi connectivity index (χ0n) is 13.8. The van der Waals surface area contributed by atoms with E-state index in [4.69, 9.17) is 15.2 Å². The Hall–Kier alpha value is -1.71. The zero-order valence-corrected chi connectivity index (χ0v) is 15.6. The van der Waals surface area contributed by atoms with Crippen LogP contribution in [-0.2, 0) is 16.2 Å². The van der Waals surface area contributed by atoms with Crippen molar-refractivity contribution in [3.05, 3.63) is 17.3 Å². The van der Waals surface area contributed by atoms with Gasteiger partial charge in [0.05, 0.1) is 7.11 Å². The van der Waals surface area contributed by atoms with Gasteiger partial charge in [-0.15, -0.1) is 0 Å². The molecular weight excluding hydrogens is 332 g/mol. The number of aromatic nitrogens is 3. The van der Waals surface area contributed by atoms with Gasteiger partial charge in [-0.1, -0.05) is 31.0 Å². The van der Waals surface area contributed by atoms with E-state index in [2.05, 4.69) is 29.6 Å². The second-order valence-corrected chi connectivity index (χ2v) is 12.9. The van der Waals surface area contributed by atoms with E-state index in [1.54, 1.807) is 12.4 Å². The minimum atomic E-state index is -1.12. The minimum Gasteiger partial charge on any atom is -0.465 e. The molecule has 2 heterocycles. The summed E-state index contributed by atoms with van der Waals surface area (Å²) in [5.74, 6) is 0.0785. The molecule has 2 rings (SSSR count). The second kappa shape index (κ2) is 7.24. The van der Waals surface area contributed by atoms with Crippen LogP contribution in [0.1, 0.15) is 9.67 Å². The summed E-state index contributed by atoms with van der Waals surface area (Å²) < 4.78 is 12.3. The van der Waals surface area contributed by atoms with Crippen LogP contribution in [0.3, 0.4) is 0 Å². The first-order valence-electron chi connectivity index (χ1n) is 7.25. The quantitative estimate of drug-likeness (QED) is 0.467. The lowest BCUT2D eigenvalue weighted by atomic mass is 10.3. The van der Waals surface area contributed by atoms with Gasteiger partial charge in [0, 0.05) is 27.1 Å². The first kappa shape index (κ1) is 17.6. The molecule has 0 amide bonds. The van der Waals surface area contributed by atoms with Crippen molar-refractivity contribution in [2.45, 2.75) is 32.4 Å². The Balaban J connectivity index is 2.14. The van der Waals surface area contributed by atoms with Crippen LogP contribution in [0.2, 0.25) is 25.7 Å². The van der Waals surface area contributed by atoms with Crippen LogP contribution < -0.4 is 5.73 Å². The van der Waals surface area contributed by atoms with Gasteiger partial charge in [-0.2, -0.15) is 0 Å². The summed E-state index contributed by atoms with van der Waals surface area (Å²) in [6.45, 7) is 7.98. The monoisotopic (exact) mass is 354 g/mol. The Labute approximate surface area is 140 Å². The van der Waals surface area contributed by atoms with E-state index < -0.39 is 14.0 Å². The van der Waals surface area contributed by atoms with Gasteiger partial charge in [-0.3, -0.25) is 0 Å². The number of nitrogen functional groups attached to an aromatic ring is 1. The SMILES string of the molecule is COC(=O)c1sc(N)nc1-c1nccn1COCC[Si](C)(C)C. The van der Waals surface area contributed by atoms with E-state index in [9.17, 15) is 4.79 Å². The van der Waals surface area contributed by atoms with Gasteiger partial charge in [0.25, 0.3) is 0 Å². The van der Waals surface area contributed by atoms with Crippen LogP contribution in [0, 0.1) is 0 Å². The van der Waals surface area contributed by atoms with E-state index >= 15 is 0 Å². The van der Waals surface area contributed by atoms with Gasteiger partial charge in [-0.05, 0) is 6.04 Å². The number of carbonyl (C=O) groups is 1. The van der Waals surface area contributed by atoms with Gasteiger partial charge in [0.1, 0.15) is 17.3 Å². The molecule has 0 aliphatic heterocycles. The Morgan fingerprint density at radius 2 is 2.17 bits per heavy atom. The smallest absolute Gasteiger partial charge is 0.350 e. The van der Waals surface area contributed by atoms with Crippen molar-refractivity contribution in [1.29, 1.82) is 0 Å². The van der Waals surface area contributed by atoms with Crippen LogP contribution in [0.25, 0.3) is 11.5 Å². The third-order valence-corrected chi connectivity index (χ3v) is 5.74. The highest BCUT2D eigenvalue weighted by Gasteiger charge is 2.22. The summed E-state index contributed by atoms with van der Waals surface area (Å²) in [5, 5.41) is 0.301. The molecule has 0 radical (unpaired) electrons. The summed E-state index contributed by atoms with van der Waals surface area (Å²) in [7, 11) is 0.207. The Bertz CT molecular complexity index is 678. The predicted octanol–water partition coefficient (Wildman–Crippen LogP) is 2.69. The third-order valence-electron chi connectivity index (χ3n) is 3.17. The first-order chi connectivity index (χ1) is 10.8. The number of methoxy groups -OCH3 is 1. The second-order valence-electron chi connectivity index (χ2n) is 6.29. The maximum Gasteiger partial charge on any atom is 0.350 e. The number of nitrogens with zero attached hydrogens (tertiary/aromatic N) is 3. The number of ether oxygens (including phenoxy) is 2. The number of anilines is 1. The molecule has 0 saturated carbocycles. The fraction of sp³-hybridized carbons (Fsp3) is 0.500. The molecule has 0 aliphatic rings. The fourth-order valence-corrected chi connectivity index (χ4v) is 3.39. The highest BCUT2D eigenvalue weighted by Crippen LogP contribution is 2.29. The Kier molecular flexibility index (Phi) is 5.55.